The monoisotopic (exact) mass is 336 g/mol. The summed E-state index contributed by atoms with van der Waals surface area (Å²) < 4.78 is 38.1. The van der Waals surface area contributed by atoms with Crippen LogP contribution >= 0.6 is 0 Å². The van der Waals surface area contributed by atoms with Gasteiger partial charge >= 0.3 is 6.18 Å². The maximum absolute atomic E-state index is 12.7. The molecule has 0 radical (unpaired) electrons. The highest BCUT2D eigenvalue weighted by molar-refractivity contribution is 5.85. The van der Waals surface area contributed by atoms with Crippen LogP contribution in [0.5, 0.6) is 0 Å². The average molecular weight is 336 g/mol. The van der Waals surface area contributed by atoms with Crippen molar-refractivity contribution >= 4 is 11.9 Å². The van der Waals surface area contributed by atoms with E-state index in [1.165, 1.54) is 4.90 Å². The van der Waals surface area contributed by atoms with Crippen LogP contribution < -0.4 is 10.6 Å². The second-order valence-electron chi connectivity index (χ2n) is 6.49. The first-order valence-corrected chi connectivity index (χ1v) is 7.94. The van der Waals surface area contributed by atoms with Crippen LogP contribution in [0.4, 0.5) is 13.2 Å². The number of likely N-dealkylation sites (N-methyl/N-ethyl adjacent to an activating group) is 1. The van der Waals surface area contributed by atoms with Crippen LogP contribution in [0, 0.1) is 5.92 Å². The number of nitrogens with one attached hydrogen (secondary N) is 2. The topological polar surface area (TPSA) is 56.7 Å². The normalized spacial score (nSPS) is 22.9. The lowest BCUT2D eigenvalue weighted by Crippen LogP contribution is -2.48. The lowest BCUT2D eigenvalue weighted by molar-refractivity contribution is -0.182. The largest absolute Gasteiger partial charge is 0.391 e. The summed E-state index contributed by atoms with van der Waals surface area (Å²) in [5, 5.41) is 6.26. The van der Waals surface area contributed by atoms with Gasteiger partial charge in [-0.15, -0.1) is 0 Å². The van der Waals surface area contributed by atoms with Crippen LogP contribution in [-0.4, -0.2) is 55.7 Å². The van der Waals surface area contributed by atoms with Gasteiger partial charge in [0.15, 0.2) is 5.96 Å². The van der Waals surface area contributed by atoms with E-state index in [1.54, 1.807) is 14.1 Å². The summed E-state index contributed by atoms with van der Waals surface area (Å²) in [6, 6.07) is 0.0651. The number of halogens is 3. The summed E-state index contributed by atoms with van der Waals surface area (Å²) >= 11 is 0. The maximum atomic E-state index is 12.7. The molecule has 1 aliphatic rings. The molecule has 1 saturated carbocycles. The van der Waals surface area contributed by atoms with Crippen LogP contribution in [0.25, 0.3) is 0 Å². The van der Waals surface area contributed by atoms with Gasteiger partial charge in [-0.05, 0) is 39.5 Å². The second kappa shape index (κ2) is 8.40. The highest BCUT2D eigenvalue weighted by Gasteiger charge is 2.41. The van der Waals surface area contributed by atoms with Gasteiger partial charge in [0, 0.05) is 26.2 Å². The summed E-state index contributed by atoms with van der Waals surface area (Å²) in [6.45, 7) is 3.88. The number of hydrogen-bond donors (Lipinski definition) is 2. The minimum atomic E-state index is -4.10. The predicted octanol–water partition coefficient (Wildman–Crippen LogP) is 2.14. The van der Waals surface area contributed by atoms with E-state index in [1.807, 2.05) is 13.8 Å². The molecule has 1 rings (SSSR count). The molecule has 0 aromatic carbocycles. The number of aliphatic imine (C=N–C) groups is 1. The summed E-state index contributed by atoms with van der Waals surface area (Å²) in [5.41, 5.74) is 0. The Hall–Kier alpha value is -1.47. The molecule has 8 heteroatoms. The lowest BCUT2D eigenvalue weighted by Gasteiger charge is -2.31. The van der Waals surface area contributed by atoms with E-state index < -0.39 is 12.1 Å². The van der Waals surface area contributed by atoms with Crippen molar-refractivity contribution in [2.75, 3.05) is 20.6 Å². The van der Waals surface area contributed by atoms with Crippen molar-refractivity contribution in [2.24, 2.45) is 10.9 Å². The SMILES string of the molecule is CC(C)NC(=NCC(=O)N(C)C)NC1CCC(C(F)(F)F)CC1. The number of carbonyl (C=O) groups is 1. The third-order valence-electron chi connectivity index (χ3n) is 3.83. The van der Waals surface area contributed by atoms with Gasteiger partial charge in [0.1, 0.15) is 6.54 Å². The molecule has 1 fully saturated rings. The van der Waals surface area contributed by atoms with Gasteiger partial charge in [-0.3, -0.25) is 4.79 Å². The molecule has 0 bridgehead atoms. The molecule has 0 aromatic heterocycles. The Morgan fingerprint density at radius 2 is 1.78 bits per heavy atom. The third-order valence-corrected chi connectivity index (χ3v) is 3.83. The highest BCUT2D eigenvalue weighted by Crippen LogP contribution is 2.37. The smallest absolute Gasteiger partial charge is 0.354 e. The van der Waals surface area contributed by atoms with E-state index in [4.69, 9.17) is 0 Å². The zero-order valence-electron chi connectivity index (χ0n) is 14.2. The molecule has 1 amide bonds. The van der Waals surface area contributed by atoms with E-state index in [-0.39, 0.29) is 37.4 Å². The zero-order valence-corrected chi connectivity index (χ0v) is 14.2. The van der Waals surface area contributed by atoms with Crippen LogP contribution in [0.3, 0.4) is 0 Å². The van der Waals surface area contributed by atoms with E-state index in [0.717, 1.165) is 0 Å². The van der Waals surface area contributed by atoms with Crippen LogP contribution in [0.1, 0.15) is 39.5 Å². The molecule has 0 aromatic rings. The summed E-state index contributed by atoms with van der Waals surface area (Å²) in [6.07, 6.45) is -2.94. The highest BCUT2D eigenvalue weighted by atomic mass is 19.4. The van der Waals surface area contributed by atoms with E-state index in [2.05, 4.69) is 15.6 Å². The standard InChI is InChI=1S/C15H27F3N4O/c1-10(2)20-14(19-9-13(23)22(3)4)21-12-7-5-11(6-8-12)15(16,17)18/h10-12H,5-9H2,1-4H3,(H2,19,20,21). The number of rotatable bonds is 4. The minimum Gasteiger partial charge on any atom is -0.354 e. The zero-order chi connectivity index (χ0) is 17.6. The molecule has 2 N–H and O–H groups in total. The van der Waals surface area contributed by atoms with E-state index >= 15 is 0 Å². The van der Waals surface area contributed by atoms with Crippen molar-refractivity contribution in [2.45, 2.75) is 57.8 Å². The first-order chi connectivity index (χ1) is 10.6. The number of nitrogens with zero attached hydrogens (tertiary/aromatic N) is 2. The van der Waals surface area contributed by atoms with Gasteiger partial charge < -0.3 is 15.5 Å². The Balaban J connectivity index is 2.58. The van der Waals surface area contributed by atoms with Gasteiger partial charge in [-0.2, -0.15) is 13.2 Å². The van der Waals surface area contributed by atoms with E-state index in [9.17, 15) is 18.0 Å². The van der Waals surface area contributed by atoms with Crippen LogP contribution in [-0.2, 0) is 4.79 Å². The van der Waals surface area contributed by atoms with Gasteiger partial charge in [0.2, 0.25) is 5.91 Å². The molecular weight excluding hydrogens is 309 g/mol. The molecule has 5 nitrogen and oxygen atoms in total. The number of alkyl halides is 3. The molecule has 134 valence electrons. The molecule has 0 spiro atoms. The first-order valence-electron chi connectivity index (χ1n) is 7.94. The molecule has 0 aliphatic heterocycles. The first kappa shape index (κ1) is 19.6. The number of hydrogen-bond acceptors (Lipinski definition) is 2. The Morgan fingerprint density at radius 3 is 2.22 bits per heavy atom. The molecule has 0 unspecified atom stereocenters. The Kier molecular flexibility index (Phi) is 7.15. The fourth-order valence-corrected chi connectivity index (χ4v) is 2.45. The molecule has 1 aliphatic carbocycles. The Labute approximate surface area is 135 Å². The van der Waals surface area contributed by atoms with Crippen molar-refractivity contribution in [1.82, 2.24) is 15.5 Å². The Morgan fingerprint density at radius 1 is 1.22 bits per heavy atom. The van der Waals surface area contributed by atoms with Gasteiger partial charge in [-0.1, -0.05) is 0 Å². The number of amides is 1. The van der Waals surface area contributed by atoms with E-state index in [0.29, 0.717) is 18.8 Å². The van der Waals surface area contributed by atoms with Crippen molar-refractivity contribution in [3.8, 4) is 0 Å². The third kappa shape index (κ3) is 7.09. The fourth-order valence-electron chi connectivity index (χ4n) is 2.45. The van der Waals surface area contributed by atoms with Crippen molar-refractivity contribution in [1.29, 1.82) is 0 Å². The van der Waals surface area contributed by atoms with Gasteiger partial charge in [-0.25, -0.2) is 4.99 Å². The molecular formula is C15H27F3N4O. The molecule has 0 heterocycles. The number of guanidine groups is 1. The summed E-state index contributed by atoms with van der Waals surface area (Å²) in [5.74, 6) is -0.851. The molecule has 0 atom stereocenters. The summed E-state index contributed by atoms with van der Waals surface area (Å²) in [7, 11) is 3.30. The minimum absolute atomic E-state index is 0.00689. The summed E-state index contributed by atoms with van der Waals surface area (Å²) in [4.78, 5) is 17.3. The lowest BCUT2D eigenvalue weighted by atomic mass is 9.85. The second-order valence-corrected chi connectivity index (χ2v) is 6.49. The number of carbonyl (C=O) groups excluding carboxylic acids is 1. The van der Waals surface area contributed by atoms with Gasteiger partial charge in [0.25, 0.3) is 0 Å². The molecule has 23 heavy (non-hydrogen) atoms. The fraction of sp³-hybridized carbons (Fsp3) is 0.867. The Bertz CT molecular complexity index is 413. The van der Waals surface area contributed by atoms with Crippen LogP contribution in [0.2, 0.25) is 0 Å². The van der Waals surface area contributed by atoms with Crippen LogP contribution in [0.15, 0.2) is 4.99 Å². The predicted molar refractivity (Wildman–Crippen MR) is 84.2 cm³/mol. The quantitative estimate of drug-likeness (QED) is 0.611. The van der Waals surface area contributed by atoms with Crippen molar-refractivity contribution in [3.63, 3.8) is 0 Å². The van der Waals surface area contributed by atoms with Crippen molar-refractivity contribution < 1.29 is 18.0 Å². The maximum Gasteiger partial charge on any atom is 0.391 e. The van der Waals surface area contributed by atoms with Crippen molar-refractivity contribution in [3.05, 3.63) is 0 Å². The average Bonchev–Trinajstić information content (AvgIpc) is 2.43. The van der Waals surface area contributed by atoms with Gasteiger partial charge in [0.05, 0.1) is 5.92 Å². The molecule has 0 saturated heterocycles.